The summed E-state index contributed by atoms with van der Waals surface area (Å²) in [5.74, 6) is 0. The van der Waals surface area contributed by atoms with Crippen molar-refractivity contribution < 1.29 is 4.79 Å². The summed E-state index contributed by atoms with van der Waals surface area (Å²) < 4.78 is 0. The van der Waals surface area contributed by atoms with Crippen molar-refractivity contribution in [2.24, 2.45) is 5.73 Å². The first-order valence-electron chi connectivity index (χ1n) is 8.84. The van der Waals surface area contributed by atoms with Gasteiger partial charge in [0.2, 0.25) is 0 Å². The van der Waals surface area contributed by atoms with Crippen LogP contribution >= 0.6 is 0 Å². The third kappa shape index (κ3) is 5.70. The third-order valence-corrected chi connectivity index (χ3v) is 4.15. The zero-order valence-electron chi connectivity index (χ0n) is 14.5. The van der Waals surface area contributed by atoms with Gasteiger partial charge in [-0.1, -0.05) is 46.1 Å². The highest BCUT2D eigenvalue weighted by atomic mass is 16.2. The summed E-state index contributed by atoms with van der Waals surface area (Å²) in [7, 11) is 0. The highest BCUT2D eigenvalue weighted by Crippen LogP contribution is 2.28. The Balaban J connectivity index is 3.19. The molecule has 3 nitrogen and oxygen atoms in total. The molecule has 0 aromatic heterocycles. The summed E-state index contributed by atoms with van der Waals surface area (Å²) in [5.41, 5.74) is 10.5. The lowest BCUT2D eigenvalue weighted by atomic mass is 9.89. The van der Waals surface area contributed by atoms with Gasteiger partial charge in [0.25, 0.3) is 0 Å². The number of urea groups is 1. The average Bonchev–Trinajstić information content (AvgIpc) is 2.50. The Morgan fingerprint density at radius 3 is 2.00 bits per heavy atom. The van der Waals surface area contributed by atoms with Crippen LogP contribution in [0.5, 0.6) is 0 Å². The van der Waals surface area contributed by atoms with Gasteiger partial charge in [0.05, 0.1) is 0 Å². The summed E-state index contributed by atoms with van der Waals surface area (Å²) in [4.78, 5) is 11.3. The molecule has 1 aromatic carbocycles. The second-order valence-corrected chi connectivity index (χ2v) is 6.03. The number of nitrogens with one attached hydrogen (secondary N) is 1. The number of hydrogen-bond donors (Lipinski definition) is 2. The molecule has 0 atom stereocenters. The van der Waals surface area contributed by atoms with E-state index in [-0.39, 0.29) is 0 Å². The van der Waals surface area contributed by atoms with E-state index in [1.54, 1.807) is 0 Å². The van der Waals surface area contributed by atoms with E-state index in [0.717, 1.165) is 37.8 Å². The Morgan fingerprint density at radius 1 is 0.909 bits per heavy atom. The molecule has 0 saturated heterocycles. The topological polar surface area (TPSA) is 55.1 Å². The van der Waals surface area contributed by atoms with Crippen LogP contribution in [0.1, 0.15) is 76.0 Å². The molecule has 2 amide bonds. The summed E-state index contributed by atoms with van der Waals surface area (Å²) >= 11 is 0. The fraction of sp³-hybridized carbons (Fsp3) is 0.632. The van der Waals surface area contributed by atoms with Gasteiger partial charge in [0, 0.05) is 5.69 Å². The number of rotatable bonds is 10. The van der Waals surface area contributed by atoms with Crippen molar-refractivity contribution in [1.82, 2.24) is 0 Å². The molecule has 3 heteroatoms. The Hall–Kier alpha value is -1.51. The van der Waals surface area contributed by atoms with Gasteiger partial charge in [-0.05, 0) is 61.3 Å². The van der Waals surface area contributed by atoms with Gasteiger partial charge in [0.15, 0.2) is 0 Å². The predicted molar refractivity (Wildman–Crippen MR) is 95.5 cm³/mol. The molecule has 0 spiro atoms. The normalized spacial score (nSPS) is 10.7. The molecule has 124 valence electrons. The molecular formula is C19H32N2O. The lowest BCUT2D eigenvalue weighted by Gasteiger charge is -2.19. The van der Waals surface area contributed by atoms with E-state index in [1.807, 2.05) is 6.07 Å². The van der Waals surface area contributed by atoms with Gasteiger partial charge in [-0.25, -0.2) is 4.79 Å². The minimum Gasteiger partial charge on any atom is -0.351 e. The zero-order chi connectivity index (χ0) is 16.4. The molecule has 0 aliphatic rings. The third-order valence-electron chi connectivity index (χ3n) is 4.15. The van der Waals surface area contributed by atoms with Gasteiger partial charge in [-0.3, -0.25) is 0 Å². The van der Waals surface area contributed by atoms with Crippen LogP contribution in [0.2, 0.25) is 0 Å². The monoisotopic (exact) mass is 304 g/mol. The van der Waals surface area contributed by atoms with Gasteiger partial charge in [-0.2, -0.15) is 0 Å². The van der Waals surface area contributed by atoms with E-state index in [1.165, 1.54) is 42.4 Å². The number of unbranched alkanes of at least 4 members (excludes halogenated alkanes) is 3. The van der Waals surface area contributed by atoms with E-state index >= 15 is 0 Å². The second-order valence-electron chi connectivity index (χ2n) is 6.03. The number of benzene rings is 1. The quantitative estimate of drug-likeness (QED) is 0.613. The Labute approximate surface area is 135 Å². The number of aryl methyl sites for hydroxylation is 1. The predicted octanol–water partition coefficient (Wildman–Crippen LogP) is 5.21. The molecule has 0 heterocycles. The lowest BCUT2D eigenvalue weighted by molar-refractivity contribution is 0.259. The Morgan fingerprint density at radius 2 is 1.45 bits per heavy atom. The standard InChI is InChI=1S/C19H32N2O/c1-4-7-10-15-13-14-18(21-19(20)22)17(12-9-6-3)16(15)11-8-5-2/h13-14H,4-12H2,1-3H3,(H3,20,21,22). The van der Waals surface area contributed by atoms with Crippen LogP contribution in [0, 0.1) is 0 Å². The summed E-state index contributed by atoms with van der Waals surface area (Å²) in [6.45, 7) is 6.66. The first-order valence-corrected chi connectivity index (χ1v) is 8.84. The number of carbonyl (C=O) groups is 1. The highest BCUT2D eigenvalue weighted by Gasteiger charge is 2.13. The molecule has 0 aliphatic heterocycles. The molecule has 0 saturated carbocycles. The van der Waals surface area contributed by atoms with Crippen molar-refractivity contribution in [2.75, 3.05) is 5.32 Å². The number of amides is 2. The smallest absolute Gasteiger partial charge is 0.316 e. The minimum atomic E-state index is -0.472. The van der Waals surface area contributed by atoms with Crippen molar-refractivity contribution in [3.63, 3.8) is 0 Å². The number of hydrogen-bond acceptors (Lipinski definition) is 1. The number of nitrogens with two attached hydrogens (primary N) is 1. The molecule has 0 unspecified atom stereocenters. The second kappa shape index (κ2) is 10.3. The van der Waals surface area contributed by atoms with E-state index in [9.17, 15) is 4.79 Å². The molecule has 0 radical (unpaired) electrons. The number of anilines is 1. The average molecular weight is 304 g/mol. The van der Waals surface area contributed by atoms with Crippen molar-refractivity contribution in [3.05, 3.63) is 28.8 Å². The Kier molecular flexibility index (Phi) is 8.64. The Bertz CT molecular complexity index is 469. The van der Waals surface area contributed by atoms with Crippen LogP contribution in [-0.4, -0.2) is 6.03 Å². The van der Waals surface area contributed by atoms with E-state index in [4.69, 9.17) is 5.73 Å². The van der Waals surface area contributed by atoms with Crippen LogP contribution < -0.4 is 11.1 Å². The maximum atomic E-state index is 11.3. The molecule has 1 aromatic rings. The van der Waals surface area contributed by atoms with Crippen LogP contribution in [-0.2, 0) is 19.3 Å². The van der Waals surface area contributed by atoms with Crippen molar-refractivity contribution >= 4 is 11.7 Å². The van der Waals surface area contributed by atoms with Crippen LogP contribution in [0.25, 0.3) is 0 Å². The fourth-order valence-electron chi connectivity index (χ4n) is 2.90. The van der Waals surface area contributed by atoms with E-state index in [2.05, 4.69) is 32.2 Å². The molecule has 0 bridgehead atoms. The maximum absolute atomic E-state index is 11.3. The van der Waals surface area contributed by atoms with Gasteiger partial charge < -0.3 is 11.1 Å². The maximum Gasteiger partial charge on any atom is 0.316 e. The largest absolute Gasteiger partial charge is 0.351 e. The van der Waals surface area contributed by atoms with E-state index < -0.39 is 6.03 Å². The number of carbonyl (C=O) groups excluding carboxylic acids is 1. The SMILES string of the molecule is CCCCc1ccc(NC(N)=O)c(CCCC)c1CCCC. The molecular weight excluding hydrogens is 272 g/mol. The number of primary amides is 1. The minimum absolute atomic E-state index is 0.472. The van der Waals surface area contributed by atoms with Crippen molar-refractivity contribution in [3.8, 4) is 0 Å². The molecule has 22 heavy (non-hydrogen) atoms. The van der Waals surface area contributed by atoms with Crippen molar-refractivity contribution in [2.45, 2.75) is 78.6 Å². The fourth-order valence-corrected chi connectivity index (χ4v) is 2.90. The first-order chi connectivity index (χ1) is 10.6. The van der Waals surface area contributed by atoms with Crippen LogP contribution in [0.4, 0.5) is 10.5 Å². The summed E-state index contributed by atoms with van der Waals surface area (Å²) in [6, 6.07) is 3.75. The van der Waals surface area contributed by atoms with E-state index in [0.29, 0.717) is 0 Å². The molecule has 0 aliphatic carbocycles. The zero-order valence-corrected chi connectivity index (χ0v) is 14.5. The first kappa shape index (κ1) is 18.5. The van der Waals surface area contributed by atoms with Gasteiger partial charge >= 0.3 is 6.03 Å². The van der Waals surface area contributed by atoms with Crippen LogP contribution in [0.15, 0.2) is 12.1 Å². The van der Waals surface area contributed by atoms with Crippen LogP contribution in [0.3, 0.4) is 0 Å². The van der Waals surface area contributed by atoms with Gasteiger partial charge in [0.1, 0.15) is 0 Å². The molecule has 0 fully saturated rings. The highest BCUT2D eigenvalue weighted by molar-refractivity contribution is 5.89. The summed E-state index contributed by atoms with van der Waals surface area (Å²) in [5, 5.41) is 2.82. The molecule has 1 rings (SSSR count). The molecule has 3 N–H and O–H groups in total. The lowest BCUT2D eigenvalue weighted by Crippen LogP contribution is -2.21. The van der Waals surface area contributed by atoms with Crippen molar-refractivity contribution in [1.29, 1.82) is 0 Å². The van der Waals surface area contributed by atoms with Gasteiger partial charge in [-0.15, -0.1) is 0 Å². The summed E-state index contributed by atoms with van der Waals surface area (Å²) in [6.07, 6.45) is 10.4.